The number of hydrogen-bond acceptors (Lipinski definition) is 6. The van der Waals surface area contributed by atoms with Crippen LogP contribution in [0.1, 0.15) is 25.6 Å². The second-order valence-corrected chi connectivity index (χ2v) is 6.40. The molecule has 2 rings (SSSR count). The molecule has 1 fully saturated rings. The van der Waals surface area contributed by atoms with Crippen LogP contribution in [0.5, 0.6) is 0 Å². The fraction of sp³-hybridized carbons (Fsp3) is 0.692. The highest BCUT2D eigenvalue weighted by molar-refractivity contribution is 7.85. The Morgan fingerprint density at radius 3 is 2.70 bits per heavy atom. The molecule has 0 spiro atoms. The van der Waals surface area contributed by atoms with Gasteiger partial charge in [-0.25, -0.2) is 9.97 Å². The Morgan fingerprint density at radius 2 is 2.05 bits per heavy atom. The van der Waals surface area contributed by atoms with Gasteiger partial charge in [0.25, 0.3) is 0 Å². The molecule has 0 atom stereocenters. The van der Waals surface area contributed by atoms with Crippen molar-refractivity contribution in [2.24, 2.45) is 0 Å². The van der Waals surface area contributed by atoms with Crippen molar-refractivity contribution >= 4 is 22.4 Å². The molecule has 1 aromatic heterocycles. The lowest BCUT2D eigenvalue weighted by Crippen LogP contribution is -2.29. The molecule has 0 aliphatic carbocycles. The van der Waals surface area contributed by atoms with Crippen molar-refractivity contribution in [1.29, 1.82) is 0 Å². The molecule has 0 unspecified atom stereocenters. The van der Waals surface area contributed by atoms with E-state index >= 15 is 0 Å². The van der Waals surface area contributed by atoms with Crippen LogP contribution >= 0.6 is 0 Å². The van der Waals surface area contributed by atoms with E-state index in [1.165, 1.54) is 0 Å². The monoisotopic (exact) mass is 298 g/mol. The van der Waals surface area contributed by atoms with E-state index in [9.17, 15) is 4.21 Å². The maximum absolute atomic E-state index is 11.4. The van der Waals surface area contributed by atoms with Gasteiger partial charge in [-0.1, -0.05) is 0 Å². The molecule has 0 bridgehead atoms. The number of aromatic nitrogens is 2. The standard InChI is InChI=1S/C13H22N4O2S/c1-3-19-9-13-16-11(14-2)8-12(17-13)15-10-4-6-20(18)7-5-10/h8,10H,3-7,9H2,1-2H3,(H2,14,15,16,17). The van der Waals surface area contributed by atoms with Crippen molar-refractivity contribution in [3.63, 3.8) is 0 Å². The van der Waals surface area contributed by atoms with Crippen LogP contribution in [0.3, 0.4) is 0 Å². The van der Waals surface area contributed by atoms with E-state index in [2.05, 4.69) is 20.6 Å². The molecule has 0 saturated carbocycles. The highest BCUT2D eigenvalue weighted by Gasteiger charge is 2.18. The molecule has 0 amide bonds. The fourth-order valence-corrected chi connectivity index (χ4v) is 3.40. The topological polar surface area (TPSA) is 76.1 Å². The maximum Gasteiger partial charge on any atom is 0.158 e. The molecule has 0 radical (unpaired) electrons. The summed E-state index contributed by atoms with van der Waals surface area (Å²) < 4.78 is 16.7. The highest BCUT2D eigenvalue weighted by atomic mass is 32.2. The average molecular weight is 298 g/mol. The number of nitrogens with zero attached hydrogens (tertiary/aromatic N) is 2. The molecule has 1 saturated heterocycles. The summed E-state index contributed by atoms with van der Waals surface area (Å²) in [5, 5.41) is 6.45. The Kier molecular flexibility index (Phi) is 5.72. The summed E-state index contributed by atoms with van der Waals surface area (Å²) in [5.74, 6) is 3.79. The third-order valence-corrected chi connectivity index (χ3v) is 4.59. The predicted octanol–water partition coefficient (Wildman–Crippen LogP) is 1.38. The minimum atomic E-state index is -0.639. The van der Waals surface area contributed by atoms with Crippen molar-refractivity contribution in [3.05, 3.63) is 11.9 Å². The molecule has 7 heteroatoms. The zero-order valence-electron chi connectivity index (χ0n) is 12.0. The van der Waals surface area contributed by atoms with Crippen molar-refractivity contribution in [2.45, 2.75) is 32.4 Å². The number of ether oxygens (including phenoxy) is 1. The molecule has 0 aromatic carbocycles. The first kappa shape index (κ1) is 15.2. The molecule has 2 N–H and O–H groups in total. The molecule has 6 nitrogen and oxygen atoms in total. The summed E-state index contributed by atoms with van der Waals surface area (Å²) in [7, 11) is 1.19. The minimum Gasteiger partial charge on any atom is -0.374 e. The first-order valence-electron chi connectivity index (χ1n) is 6.96. The van der Waals surface area contributed by atoms with Gasteiger partial charge in [0.15, 0.2) is 5.82 Å². The summed E-state index contributed by atoms with van der Waals surface area (Å²) in [6.07, 6.45) is 1.85. The van der Waals surface area contributed by atoms with Crippen LogP contribution in [-0.2, 0) is 22.1 Å². The number of anilines is 2. The third kappa shape index (κ3) is 4.42. The van der Waals surface area contributed by atoms with Crippen LogP contribution < -0.4 is 10.6 Å². The van der Waals surface area contributed by atoms with Crippen LogP contribution in [0, 0.1) is 0 Å². The van der Waals surface area contributed by atoms with Crippen LogP contribution in [-0.4, -0.2) is 45.4 Å². The van der Waals surface area contributed by atoms with Gasteiger partial charge in [0.1, 0.15) is 18.2 Å². The molecule has 2 heterocycles. The summed E-state index contributed by atoms with van der Waals surface area (Å²) in [6.45, 7) is 3.00. The zero-order chi connectivity index (χ0) is 14.4. The van der Waals surface area contributed by atoms with Crippen LogP contribution in [0.4, 0.5) is 11.6 Å². The van der Waals surface area contributed by atoms with Gasteiger partial charge in [0, 0.05) is 48.1 Å². The maximum atomic E-state index is 11.4. The van der Waals surface area contributed by atoms with E-state index in [1.807, 2.05) is 20.0 Å². The molecule has 112 valence electrons. The second-order valence-electron chi connectivity index (χ2n) is 4.71. The van der Waals surface area contributed by atoms with E-state index in [4.69, 9.17) is 4.74 Å². The fourth-order valence-electron chi connectivity index (χ4n) is 2.10. The minimum absolute atomic E-state index is 0.340. The SMILES string of the molecule is CCOCc1nc(NC)cc(NC2CCS(=O)CC2)n1. The molecule has 1 aliphatic rings. The summed E-state index contributed by atoms with van der Waals surface area (Å²) in [5.41, 5.74) is 0. The molecule has 1 aliphatic heterocycles. The molecule has 1 aromatic rings. The second kappa shape index (κ2) is 7.54. The van der Waals surface area contributed by atoms with Crippen LogP contribution in [0.15, 0.2) is 6.07 Å². The summed E-state index contributed by atoms with van der Waals surface area (Å²) in [6, 6.07) is 2.23. The molecular formula is C13H22N4O2S. The third-order valence-electron chi connectivity index (χ3n) is 3.20. The molecule has 20 heavy (non-hydrogen) atoms. The Bertz CT molecular complexity index is 460. The Morgan fingerprint density at radius 1 is 1.35 bits per heavy atom. The zero-order valence-corrected chi connectivity index (χ0v) is 12.8. The normalized spacial score (nSPS) is 22.5. The van der Waals surface area contributed by atoms with Crippen LogP contribution in [0.25, 0.3) is 0 Å². The number of nitrogens with one attached hydrogen (secondary N) is 2. The number of hydrogen-bond donors (Lipinski definition) is 2. The first-order chi connectivity index (χ1) is 9.71. The summed E-state index contributed by atoms with van der Waals surface area (Å²) in [4.78, 5) is 8.83. The van der Waals surface area contributed by atoms with Gasteiger partial charge < -0.3 is 15.4 Å². The molecular weight excluding hydrogens is 276 g/mol. The highest BCUT2D eigenvalue weighted by Crippen LogP contribution is 2.17. The van der Waals surface area contributed by atoms with Gasteiger partial charge in [-0.2, -0.15) is 0 Å². The van der Waals surface area contributed by atoms with E-state index in [0.29, 0.717) is 25.1 Å². The lowest BCUT2D eigenvalue weighted by atomic mass is 10.1. The van der Waals surface area contributed by atoms with Crippen LogP contribution in [0.2, 0.25) is 0 Å². The van der Waals surface area contributed by atoms with Crippen molar-refractivity contribution in [1.82, 2.24) is 9.97 Å². The largest absolute Gasteiger partial charge is 0.374 e. The lowest BCUT2D eigenvalue weighted by Gasteiger charge is -2.23. The Labute approximate surface area is 122 Å². The van der Waals surface area contributed by atoms with Gasteiger partial charge >= 0.3 is 0 Å². The van der Waals surface area contributed by atoms with E-state index < -0.39 is 10.8 Å². The van der Waals surface area contributed by atoms with Gasteiger partial charge in [-0.3, -0.25) is 4.21 Å². The van der Waals surface area contributed by atoms with E-state index in [0.717, 1.165) is 36.0 Å². The smallest absolute Gasteiger partial charge is 0.158 e. The quantitative estimate of drug-likeness (QED) is 0.826. The van der Waals surface area contributed by atoms with Gasteiger partial charge in [-0.15, -0.1) is 0 Å². The van der Waals surface area contributed by atoms with E-state index in [-0.39, 0.29) is 0 Å². The Hall–Kier alpha value is -1.21. The van der Waals surface area contributed by atoms with Crippen molar-refractivity contribution in [2.75, 3.05) is 35.8 Å². The van der Waals surface area contributed by atoms with Gasteiger partial charge in [0.05, 0.1) is 0 Å². The van der Waals surface area contributed by atoms with Gasteiger partial charge in [0.2, 0.25) is 0 Å². The first-order valence-corrected chi connectivity index (χ1v) is 8.45. The number of rotatable bonds is 6. The van der Waals surface area contributed by atoms with Crippen molar-refractivity contribution < 1.29 is 8.95 Å². The van der Waals surface area contributed by atoms with E-state index in [1.54, 1.807) is 0 Å². The van der Waals surface area contributed by atoms with Crippen molar-refractivity contribution in [3.8, 4) is 0 Å². The lowest BCUT2D eigenvalue weighted by molar-refractivity contribution is 0.128. The predicted molar refractivity (Wildman–Crippen MR) is 81.4 cm³/mol. The van der Waals surface area contributed by atoms with Gasteiger partial charge in [-0.05, 0) is 19.8 Å². The summed E-state index contributed by atoms with van der Waals surface area (Å²) >= 11 is 0. The average Bonchev–Trinajstić information content (AvgIpc) is 2.47. The Balaban J connectivity index is 2.03.